The summed E-state index contributed by atoms with van der Waals surface area (Å²) >= 11 is 1.52. The summed E-state index contributed by atoms with van der Waals surface area (Å²) in [6.45, 7) is 4.57. The summed E-state index contributed by atoms with van der Waals surface area (Å²) in [6, 6.07) is 10.3. The van der Waals surface area contributed by atoms with Crippen molar-refractivity contribution >= 4 is 17.2 Å². The molecule has 3 aromatic rings. The lowest BCUT2D eigenvalue weighted by atomic mass is 10.0. The average Bonchev–Trinajstić information content (AvgIpc) is 3.25. The maximum atomic E-state index is 12.8. The SMILES string of the molecule is O=C(Cc1cscn1)N1CCOc2ccc(CN3CCC(Oc4cccnc4)CC3)cc2C1. The second kappa shape index (κ2) is 10.3. The molecule has 1 aromatic carbocycles. The molecule has 1 saturated heterocycles. The summed E-state index contributed by atoms with van der Waals surface area (Å²) < 4.78 is 12.0. The van der Waals surface area contributed by atoms with E-state index in [2.05, 4.69) is 33.1 Å². The molecule has 33 heavy (non-hydrogen) atoms. The highest BCUT2D eigenvalue weighted by Gasteiger charge is 2.23. The number of amides is 1. The number of pyridine rings is 1. The Hall–Kier alpha value is -2.97. The molecule has 1 amide bonds. The molecule has 2 aromatic heterocycles. The van der Waals surface area contributed by atoms with Crippen molar-refractivity contribution in [1.29, 1.82) is 0 Å². The predicted octanol–water partition coefficient (Wildman–Crippen LogP) is 3.55. The van der Waals surface area contributed by atoms with Gasteiger partial charge >= 0.3 is 0 Å². The lowest BCUT2D eigenvalue weighted by molar-refractivity contribution is -0.131. The number of likely N-dealkylation sites (tertiary alicyclic amines) is 1. The number of thiazole rings is 1. The summed E-state index contributed by atoms with van der Waals surface area (Å²) in [4.78, 5) is 25.5. The number of nitrogens with zero attached hydrogens (tertiary/aromatic N) is 4. The van der Waals surface area contributed by atoms with Gasteiger partial charge in [-0.2, -0.15) is 0 Å². The molecule has 1 fully saturated rings. The number of piperidine rings is 1. The summed E-state index contributed by atoms with van der Waals surface area (Å²) in [5, 5.41) is 1.93. The van der Waals surface area contributed by atoms with E-state index in [9.17, 15) is 4.79 Å². The van der Waals surface area contributed by atoms with Gasteiger partial charge in [-0.15, -0.1) is 11.3 Å². The van der Waals surface area contributed by atoms with E-state index < -0.39 is 0 Å². The molecule has 172 valence electrons. The number of ether oxygens (including phenoxy) is 2. The van der Waals surface area contributed by atoms with Crippen LogP contribution in [-0.2, 0) is 24.3 Å². The maximum Gasteiger partial charge on any atom is 0.229 e. The molecule has 2 aliphatic heterocycles. The summed E-state index contributed by atoms with van der Waals surface area (Å²) in [5.74, 6) is 1.82. The zero-order chi connectivity index (χ0) is 22.5. The molecule has 0 bridgehead atoms. The van der Waals surface area contributed by atoms with Gasteiger partial charge in [-0.3, -0.25) is 14.7 Å². The fourth-order valence-electron chi connectivity index (χ4n) is 4.40. The molecule has 0 radical (unpaired) electrons. The van der Waals surface area contributed by atoms with Crippen LogP contribution in [0.4, 0.5) is 0 Å². The minimum atomic E-state index is 0.0958. The molecule has 5 rings (SSSR count). The molecular weight excluding hydrogens is 436 g/mol. The number of rotatable bonds is 6. The minimum absolute atomic E-state index is 0.0958. The van der Waals surface area contributed by atoms with Crippen LogP contribution < -0.4 is 9.47 Å². The number of carbonyl (C=O) groups is 1. The van der Waals surface area contributed by atoms with E-state index in [4.69, 9.17) is 9.47 Å². The van der Waals surface area contributed by atoms with Crippen LogP contribution in [0.5, 0.6) is 11.5 Å². The molecule has 2 aliphatic rings. The molecule has 0 aliphatic carbocycles. The van der Waals surface area contributed by atoms with Crippen LogP contribution in [0.3, 0.4) is 0 Å². The van der Waals surface area contributed by atoms with Gasteiger partial charge in [-0.1, -0.05) is 6.07 Å². The van der Waals surface area contributed by atoms with E-state index in [1.165, 1.54) is 16.9 Å². The number of fused-ring (bicyclic) bond motifs is 1. The van der Waals surface area contributed by atoms with Gasteiger partial charge in [0.25, 0.3) is 0 Å². The Bertz CT molecular complexity index is 1050. The monoisotopic (exact) mass is 464 g/mol. The van der Waals surface area contributed by atoms with Crippen LogP contribution >= 0.6 is 11.3 Å². The van der Waals surface area contributed by atoms with Gasteiger partial charge in [0, 0.05) is 43.3 Å². The Morgan fingerprint density at radius 2 is 2.12 bits per heavy atom. The topological polar surface area (TPSA) is 67.8 Å². The summed E-state index contributed by atoms with van der Waals surface area (Å²) in [6.07, 6.45) is 6.12. The van der Waals surface area contributed by atoms with Crippen molar-refractivity contribution in [3.05, 3.63) is 70.4 Å². The van der Waals surface area contributed by atoms with Crippen molar-refractivity contribution in [3.63, 3.8) is 0 Å². The largest absolute Gasteiger partial charge is 0.491 e. The van der Waals surface area contributed by atoms with E-state index in [0.717, 1.165) is 55.2 Å². The fourth-order valence-corrected chi connectivity index (χ4v) is 4.96. The minimum Gasteiger partial charge on any atom is -0.491 e. The first-order chi connectivity index (χ1) is 16.2. The third-order valence-corrected chi connectivity index (χ3v) is 6.79. The van der Waals surface area contributed by atoms with Crippen LogP contribution in [0, 0.1) is 0 Å². The van der Waals surface area contributed by atoms with Crippen molar-refractivity contribution in [2.24, 2.45) is 0 Å². The number of hydrogen-bond donors (Lipinski definition) is 0. The van der Waals surface area contributed by atoms with Crippen molar-refractivity contribution < 1.29 is 14.3 Å². The Balaban J connectivity index is 1.17. The lowest BCUT2D eigenvalue weighted by Crippen LogP contribution is -2.37. The fraction of sp³-hybridized carbons (Fsp3) is 0.400. The molecule has 7 nitrogen and oxygen atoms in total. The van der Waals surface area contributed by atoms with Gasteiger partial charge < -0.3 is 14.4 Å². The smallest absolute Gasteiger partial charge is 0.229 e. The average molecular weight is 465 g/mol. The molecule has 0 unspecified atom stereocenters. The molecule has 0 N–H and O–H groups in total. The van der Waals surface area contributed by atoms with Gasteiger partial charge in [-0.05, 0) is 42.7 Å². The van der Waals surface area contributed by atoms with Gasteiger partial charge in [0.05, 0.1) is 30.4 Å². The summed E-state index contributed by atoms with van der Waals surface area (Å²) in [7, 11) is 0. The number of aromatic nitrogens is 2. The standard InChI is InChI=1S/C25H28N4O3S/c30-25(13-21-17-33-18-27-21)29-10-11-31-24-4-3-19(12-20(24)16-29)15-28-8-5-22(6-9-28)32-23-2-1-7-26-14-23/h1-4,7,12,14,17-18,22H,5-6,8-11,13,15-16H2. The Morgan fingerprint density at radius 1 is 1.21 bits per heavy atom. The predicted molar refractivity (Wildman–Crippen MR) is 126 cm³/mol. The Kier molecular flexibility index (Phi) is 6.83. The normalized spacial score (nSPS) is 17.2. The second-order valence-corrected chi connectivity index (χ2v) is 9.26. The molecule has 4 heterocycles. The van der Waals surface area contributed by atoms with Crippen LogP contribution in [0.1, 0.15) is 29.7 Å². The third kappa shape index (κ3) is 5.69. The van der Waals surface area contributed by atoms with Crippen molar-refractivity contribution in [2.75, 3.05) is 26.2 Å². The van der Waals surface area contributed by atoms with Gasteiger partial charge in [0.15, 0.2) is 0 Å². The third-order valence-electron chi connectivity index (χ3n) is 6.15. The van der Waals surface area contributed by atoms with E-state index in [1.54, 1.807) is 17.9 Å². The zero-order valence-electron chi connectivity index (χ0n) is 18.6. The van der Waals surface area contributed by atoms with Crippen molar-refractivity contribution in [1.82, 2.24) is 19.8 Å². The van der Waals surface area contributed by atoms with Crippen molar-refractivity contribution in [2.45, 2.75) is 38.5 Å². The van der Waals surface area contributed by atoms with Crippen LogP contribution in [0.2, 0.25) is 0 Å². The van der Waals surface area contributed by atoms with E-state index in [1.807, 2.05) is 22.4 Å². The van der Waals surface area contributed by atoms with Gasteiger partial charge in [-0.25, -0.2) is 4.98 Å². The van der Waals surface area contributed by atoms with E-state index >= 15 is 0 Å². The van der Waals surface area contributed by atoms with Crippen LogP contribution in [0.15, 0.2) is 53.6 Å². The van der Waals surface area contributed by atoms with Crippen LogP contribution in [-0.4, -0.2) is 58.0 Å². The summed E-state index contributed by atoms with van der Waals surface area (Å²) in [5.41, 5.74) is 4.92. The molecule has 8 heteroatoms. The van der Waals surface area contributed by atoms with Crippen molar-refractivity contribution in [3.8, 4) is 11.5 Å². The quantitative estimate of drug-likeness (QED) is 0.556. The van der Waals surface area contributed by atoms with Crippen LogP contribution in [0.25, 0.3) is 0 Å². The Morgan fingerprint density at radius 3 is 2.91 bits per heavy atom. The Labute approximate surface area is 198 Å². The van der Waals surface area contributed by atoms with E-state index in [0.29, 0.717) is 26.1 Å². The second-order valence-electron chi connectivity index (χ2n) is 8.54. The molecular formula is C25H28N4O3S. The first-order valence-corrected chi connectivity index (χ1v) is 12.4. The highest BCUT2D eigenvalue weighted by Crippen LogP contribution is 2.26. The molecule has 0 saturated carbocycles. The highest BCUT2D eigenvalue weighted by molar-refractivity contribution is 7.07. The zero-order valence-corrected chi connectivity index (χ0v) is 19.4. The number of hydrogen-bond acceptors (Lipinski definition) is 7. The molecule has 0 atom stereocenters. The van der Waals surface area contributed by atoms with Gasteiger partial charge in [0.1, 0.15) is 24.2 Å². The lowest BCUT2D eigenvalue weighted by Gasteiger charge is -2.32. The van der Waals surface area contributed by atoms with Gasteiger partial charge in [0.2, 0.25) is 5.91 Å². The number of benzene rings is 1. The van der Waals surface area contributed by atoms with E-state index in [-0.39, 0.29) is 12.0 Å². The number of carbonyl (C=O) groups excluding carboxylic acids is 1. The maximum absolute atomic E-state index is 12.8. The highest BCUT2D eigenvalue weighted by atomic mass is 32.1. The first kappa shape index (κ1) is 21.9. The molecule has 0 spiro atoms. The first-order valence-electron chi connectivity index (χ1n) is 11.4.